The quantitative estimate of drug-likeness (QED) is 0.719. The third-order valence-electron chi connectivity index (χ3n) is 4.06. The van der Waals surface area contributed by atoms with E-state index in [-0.39, 0.29) is 28.4 Å². The van der Waals surface area contributed by atoms with E-state index < -0.39 is 5.97 Å². The minimum absolute atomic E-state index is 0.0523. The molecule has 90 valence electrons. The van der Waals surface area contributed by atoms with Gasteiger partial charge in [-0.3, -0.25) is 4.79 Å². The average Bonchev–Trinajstić information content (AvgIpc) is 2.52. The molecule has 0 aromatic rings. The van der Waals surface area contributed by atoms with Crippen LogP contribution in [0, 0.1) is 16.7 Å². The first kappa shape index (κ1) is 12.7. The Morgan fingerprint density at radius 2 is 1.62 bits per heavy atom. The smallest absolute Gasteiger partial charge is 0.352 e. The Morgan fingerprint density at radius 3 is 1.88 bits per heavy atom. The second kappa shape index (κ2) is 3.61. The number of carbonyl (C=O) groups excluding carboxylic acids is 1. The molecule has 0 saturated heterocycles. The maximum Gasteiger partial charge on any atom is 0.352 e. The lowest BCUT2D eigenvalue weighted by atomic mass is 10.0. The second-order valence-corrected chi connectivity index (χ2v) is 5.37. The molecule has 4 heteroatoms. The van der Waals surface area contributed by atoms with Crippen molar-refractivity contribution in [3.05, 3.63) is 11.8 Å². The van der Waals surface area contributed by atoms with Crippen molar-refractivity contribution in [1.29, 1.82) is 0 Å². The molecule has 0 bridgehead atoms. The van der Waals surface area contributed by atoms with Crippen molar-refractivity contribution < 1.29 is 14.7 Å². The van der Waals surface area contributed by atoms with Crippen LogP contribution < -0.4 is 5.32 Å². The molecule has 1 aliphatic rings. The van der Waals surface area contributed by atoms with Crippen LogP contribution in [0.5, 0.6) is 0 Å². The average molecular weight is 225 g/mol. The van der Waals surface area contributed by atoms with Gasteiger partial charge in [0.05, 0.1) is 0 Å². The van der Waals surface area contributed by atoms with Crippen molar-refractivity contribution in [3.63, 3.8) is 0 Å². The normalized spacial score (nSPS) is 22.7. The molecule has 0 heterocycles. The van der Waals surface area contributed by atoms with Crippen LogP contribution in [0.2, 0.25) is 0 Å². The molecule has 0 aromatic heterocycles. The van der Waals surface area contributed by atoms with Crippen LogP contribution in [0.1, 0.15) is 34.6 Å². The Hall–Kier alpha value is -1.32. The van der Waals surface area contributed by atoms with Crippen molar-refractivity contribution >= 4 is 11.9 Å². The van der Waals surface area contributed by atoms with Gasteiger partial charge in [0.25, 0.3) is 0 Å². The zero-order valence-electron chi connectivity index (χ0n) is 10.4. The van der Waals surface area contributed by atoms with E-state index in [1.54, 1.807) is 6.92 Å². The summed E-state index contributed by atoms with van der Waals surface area (Å²) in [7, 11) is 0. The molecule has 1 amide bonds. The number of rotatable bonds is 3. The number of hydrogen-bond acceptors (Lipinski definition) is 2. The van der Waals surface area contributed by atoms with Crippen LogP contribution in [0.3, 0.4) is 0 Å². The summed E-state index contributed by atoms with van der Waals surface area (Å²) in [6.07, 6.45) is 1.39. The van der Waals surface area contributed by atoms with Gasteiger partial charge in [0, 0.05) is 5.92 Å². The highest BCUT2D eigenvalue weighted by Gasteiger charge is 2.68. The molecule has 1 aliphatic carbocycles. The molecule has 0 aromatic carbocycles. The topological polar surface area (TPSA) is 66.4 Å². The molecule has 2 N–H and O–H groups in total. The van der Waals surface area contributed by atoms with Gasteiger partial charge in [-0.1, -0.05) is 33.8 Å². The van der Waals surface area contributed by atoms with Crippen LogP contribution in [0.4, 0.5) is 0 Å². The van der Waals surface area contributed by atoms with E-state index in [2.05, 4.69) is 5.32 Å². The van der Waals surface area contributed by atoms with Crippen molar-refractivity contribution in [1.82, 2.24) is 5.32 Å². The minimum atomic E-state index is -1.10. The molecule has 0 aliphatic heterocycles. The van der Waals surface area contributed by atoms with Gasteiger partial charge < -0.3 is 10.4 Å². The maximum atomic E-state index is 11.9. The van der Waals surface area contributed by atoms with Gasteiger partial charge in [0.1, 0.15) is 5.70 Å². The van der Waals surface area contributed by atoms with E-state index in [1.165, 1.54) is 6.08 Å². The zero-order chi connectivity index (χ0) is 12.7. The molecule has 16 heavy (non-hydrogen) atoms. The molecule has 0 atom stereocenters. The van der Waals surface area contributed by atoms with Gasteiger partial charge in [-0.05, 0) is 17.8 Å². The van der Waals surface area contributed by atoms with Crippen molar-refractivity contribution in [2.75, 3.05) is 0 Å². The number of amides is 1. The highest BCUT2D eigenvalue weighted by molar-refractivity contribution is 5.94. The van der Waals surface area contributed by atoms with Crippen molar-refractivity contribution in [2.24, 2.45) is 16.7 Å². The van der Waals surface area contributed by atoms with Crippen LogP contribution >= 0.6 is 0 Å². The molecule has 4 nitrogen and oxygen atoms in total. The summed E-state index contributed by atoms with van der Waals surface area (Å²) < 4.78 is 0. The summed E-state index contributed by atoms with van der Waals surface area (Å²) in [5.41, 5.74) is -0.202. The van der Waals surface area contributed by atoms with Gasteiger partial charge in [-0.15, -0.1) is 0 Å². The lowest BCUT2D eigenvalue weighted by molar-refractivity contribution is -0.135. The van der Waals surface area contributed by atoms with Crippen molar-refractivity contribution in [3.8, 4) is 0 Å². The minimum Gasteiger partial charge on any atom is -0.477 e. The maximum absolute atomic E-state index is 11.9. The first-order valence-corrected chi connectivity index (χ1v) is 5.36. The molecule has 1 fully saturated rings. The highest BCUT2D eigenvalue weighted by atomic mass is 16.4. The predicted octanol–water partition coefficient (Wildman–Crippen LogP) is 1.77. The Morgan fingerprint density at radius 1 is 1.19 bits per heavy atom. The highest BCUT2D eigenvalue weighted by Crippen LogP contribution is 2.68. The number of hydrogen-bond donors (Lipinski definition) is 2. The fourth-order valence-electron chi connectivity index (χ4n) is 2.31. The lowest BCUT2D eigenvalue weighted by Crippen LogP contribution is -2.30. The van der Waals surface area contributed by atoms with Gasteiger partial charge in [0.15, 0.2) is 0 Å². The molecule has 0 radical (unpaired) electrons. The number of carboxylic acids is 1. The third kappa shape index (κ3) is 1.72. The number of allylic oxidation sites excluding steroid dienone is 1. The molecule has 1 rings (SSSR count). The number of carbonyl (C=O) groups is 2. The van der Waals surface area contributed by atoms with Crippen LogP contribution in [0.15, 0.2) is 11.8 Å². The summed E-state index contributed by atoms with van der Waals surface area (Å²) in [5, 5.41) is 11.3. The van der Waals surface area contributed by atoms with Gasteiger partial charge in [0.2, 0.25) is 5.91 Å². The number of nitrogens with one attached hydrogen (secondary N) is 1. The lowest BCUT2D eigenvalue weighted by Gasteiger charge is -2.06. The molecular weight excluding hydrogens is 206 g/mol. The van der Waals surface area contributed by atoms with Crippen LogP contribution in [-0.2, 0) is 9.59 Å². The monoisotopic (exact) mass is 225 g/mol. The number of aliphatic carboxylic acids is 1. The van der Waals surface area contributed by atoms with E-state index in [9.17, 15) is 9.59 Å². The van der Waals surface area contributed by atoms with Crippen LogP contribution in [-0.4, -0.2) is 17.0 Å². The molecular formula is C12H19NO3. The van der Waals surface area contributed by atoms with Crippen molar-refractivity contribution in [2.45, 2.75) is 34.6 Å². The van der Waals surface area contributed by atoms with Crippen LogP contribution in [0.25, 0.3) is 0 Å². The van der Waals surface area contributed by atoms with E-state index in [0.29, 0.717) is 0 Å². The Labute approximate surface area is 95.7 Å². The van der Waals surface area contributed by atoms with E-state index >= 15 is 0 Å². The second-order valence-electron chi connectivity index (χ2n) is 5.37. The standard InChI is InChI=1S/C12H19NO3/c1-6-7(10(15)16)13-9(14)8-11(2,3)12(8,4)5/h6,8H,1-5H3,(H,13,14)(H,15,16)/b7-6-. The van der Waals surface area contributed by atoms with E-state index in [4.69, 9.17) is 5.11 Å². The SMILES string of the molecule is C/C=C(\NC(=O)C1C(C)(C)C1(C)C)C(=O)O. The summed E-state index contributed by atoms with van der Waals surface area (Å²) in [6, 6.07) is 0. The summed E-state index contributed by atoms with van der Waals surface area (Å²) in [5.74, 6) is -1.44. The Bertz CT molecular complexity index is 352. The summed E-state index contributed by atoms with van der Waals surface area (Å²) in [4.78, 5) is 22.6. The Balaban J connectivity index is 2.74. The predicted molar refractivity (Wildman–Crippen MR) is 60.6 cm³/mol. The fourth-order valence-corrected chi connectivity index (χ4v) is 2.31. The molecule has 1 saturated carbocycles. The first-order chi connectivity index (χ1) is 7.16. The van der Waals surface area contributed by atoms with Gasteiger partial charge in [-0.2, -0.15) is 0 Å². The largest absolute Gasteiger partial charge is 0.477 e. The fraction of sp³-hybridized carbons (Fsp3) is 0.667. The van der Waals surface area contributed by atoms with Gasteiger partial charge >= 0.3 is 5.97 Å². The Kier molecular flexibility index (Phi) is 2.88. The third-order valence-corrected chi connectivity index (χ3v) is 4.06. The molecule has 0 unspecified atom stereocenters. The summed E-state index contributed by atoms with van der Waals surface area (Å²) in [6.45, 7) is 9.67. The molecule has 0 spiro atoms. The number of carboxylic acid groups (broad SMARTS) is 1. The van der Waals surface area contributed by atoms with E-state index in [1.807, 2.05) is 27.7 Å². The van der Waals surface area contributed by atoms with Gasteiger partial charge in [-0.25, -0.2) is 4.79 Å². The zero-order valence-corrected chi connectivity index (χ0v) is 10.4. The summed E-state index contributed by atoms with van der Waals surface area (Å²) >= 11 is 0. The van der Waals surface area contributed by atoms with E-state index in [0.717, 1.165) is 0 Å². The first-order valence-electron chi connectivity index (χ1n) is 5.36.